The van der Waals surface area contributed by atoms with E-state index in [1.807, 2.05) is 0 Å². The van der Waals surface area contributed by atoms with E-state index in [2.05, 4.69) is 0 Å². The summed E-state index contributed by atoms with van der Waals surface area (Å²) in [5, 5.41) is 8.40. The van der Waals surface area contributed by atoms with Gasteiger partial charge in [-0.25, -0.2) is 0 Å². The fourth-order valence-corrected chi connectivity index (χ4v) is 1.16. The van der Waals surface area contributed by atoms with Gasteiger partial charge in [-0.3, -0.25) is 14.4 Å². The summed E-state index contributed by atoms with van der Waals surface area (Å²) in [7, 11) is 1.65. The first kappa shape index (κ1) is 14.3. The maximum Gasteiger partial charge on any atom is 0.303 e. The molecule has 0 aliphatic rings. The third-order valence-electron chi connectivity index (χ3n) is 2.08. The molecule has 0 spiro atoms. The largest absolute Gasteiger partial charge is 0.481 e. The SMILES string of the molecule is CN(CCCCCC(=O)O)C(=O)/C=C\C=O. The Kier molecular flexibility index (Phi) is 7.75. The molecule has 0 saturated heterocycles. The second kappa shape index (κ2) is 8.64. The van der Waals surface area contributed by atoms with Crippen LogP contribution in [0.4, 0.5) is 0 Å². The van der Waals surface area contributed by atoms with E-state index in [9.17, 15) is 14.4 Å². The van der Waals surface area contributed by atoms with E-state index in [4.69, 9.17) is 5.11 Å². The highest BCUT2D eigenvalue weighted by Gasteiger charge is 2.04. The fourth-order valence-electron chi connectivity index (χ4n) is 1.16. The van der Waals surface area contributed by atoms with Crippen LogP contribution in [-0.4, -0.2) is 41.8 Å². The van der Waals surface area contributed by atoms with Crippen LogP contribution in [0.2, 0.25) is 0 Å². The van der Waals surface area contributed by atoms with Gasteiger partial charge in [0.25, 0.3) is 0 Å². The van der Waals surface area contributed by atoms with Crippen molar-refractivity contribution in [3.8, 4) is 0 Å². The van der Waals surface area contributed by atoms with Crippen LogP contribution in [0.25, 0.3) is 0 Å². The van der Waals surface area contributed by atoms with Crippen LogP contribution < -0.4 is 0 Å². The number of carboxylic acids is 1. The highest BCUT2D eigenvalue weighted by Crippen LogP contribution is 2.01. The Bertz CT molecular complexity index is 273. The first-order chi connectivity index (χ1) is 7.57. The molecule has 0 rings (SSSR count). The van der Waals surface area contributed by atoms with Crippen molar-refractivity contribution in [1.82, 2.24) is 4.90 Å². The van der Waals surface area contributed by atoms with Gasteiger partial charge in [-0.1, -0.05) is 6.42 Å². The lowest BCUT2D eigenvalue weighted by atomic mass is 10.2. The number of aliphatic carboxylic acids is 1. The molecule has 0 aromatic carbocycles. The topological polar surface area (TPSA) is 74.7 Å². The van der Waals surface area contributed by atoms with E-state index in [0.717, 1.165) is 18.9 Å². The summed E-state index contributed by atoms with van der Waals surface area (Å²) in [6.45, 7) is 0.571. The number of amides is 1. The number of hydrogen-bond acceptors (Lipinski definition) is 3. The summed E-state index contributed by atoms with van der Waals surface area (Å²) >= 11 is 0. The van der Waals surface area contributed by atoms with Gasteiger partial charge in [0, 0.05) is 26.1 Å². The van der Waals surface area contributed by atoms with Gasteiger partial charge < -0.3 is 10.0 Å². The molecule has 0 atom stereocenters. The van der Waals surface area contributed by atoms with Crippen LogP contribution in [-0.2, 0) is 14.4 Å². The number of hydrogen-bond donors (Lipinski definition) is 1. The standard InChI is InChI=1S/C11H17NO4/c1-12(10(14)6-5-9-13)8-4-2-3-7-11(15)16/h5-6,9H,2-4,7-8H2,1H3,(H,15,16)/b6-5-. The second-order valence-electron chi connectivity index (χ2n) is 3.46. The Morgan fingerprint density at radius 2 is 1.94 bits per heavy atom. The van der Waals surface area contributed by atoms with Gasteiger partial charge in [0.05, 0.1) is 0 Å². The quantitative estimate of drug-likeness (QED) is 0.379. The summed E-state index contributed by atoms with van der Waals surface area (Å²) in [4.78, 5) is 33.0. The Labute approximate surface area is 94.7 Å². The minimum Gasteiger partial charge on any atom is -0.481 e. The average molecular weight is 227 g/mol. The molecule has 1 amide bonds. The number of unbranched alkanes of at least 4 members (excludes halogenated alkanes) is 2. The Morgan fingerprint density at radius 3 is 2.50 bits per heavy atom. The first-order valence-electron chi connectivity index (χ1n) is 5.16. The molecular weight excluding hydrogens is 210 g/mol. The molecule has 5 heteroatoms. The number of carbonyl (C=O) groups excluding carboxylic acids is 2. The number of carbonyl (C=O) groups is 3. The molecule has 0 aromatic rings. The van der Waals surface area contributed by atoms with Crippen LogP contribution in [0.1, 0.15) is 25.7 Å². The van der Waals surface area contributed by atoms with Crippen molar-refractivity contribution in [1.29, 1.82) is 0 Å². The van der Waals surface area contributed by atoms with Crippen LogP contribution in [0.15, 0.2) is 12.2 Å². The van der Waals surface area contributed by atoms with E-state index in [1.54, 1.807) is 7.05 Å². The molecule has 5 nitrogen and oxygen atoms in total. The fraction of sp³-hybridized carbons (Fsp3) is 0.545. The molecule has 0 heterocycles. The number of carboxylic acid groups (broad SMARTS) is 1. The summed E-state index contributed by atoms with van der Waals surface area (Å²) in [6.07, 6.45) is 5.27. The zero-order chi connectivity index (χ0) is 12.4. The van der Waals surface area contributed by atoms with Gasteiger partial charge in [-0.05, 0) is 18.9 Å². The molecule has 0 fully saturated rings. The molecular formula is C11H17NO4. The predicted octanol–water partition coefficient (Wildman–Crippen LogP) is 0.845. The highest BCUT2D eigenvalue weighted by atomic mass is 16.4. The lowest BCUT2D eigenvalue weighted by Gasteiger charge is -2.14. The van der Waals surface area contributed by atoms with Gasteiger partial charge in [0.1, 0.15) is 6.29 Å². The lowest BCUT2D eigenvalue weighted by molar-refractivity contribution is -0.137. The first-order valence-corrected chi connectivity index (χ1v) is 5.16. The van der Waals surface area contributed by atoms with Crippen LogP contribution in [0.3, 0.4) is 0 Å². The molecule has 90 valence electrons. The lowest BCUT2D eigenvalue weighted by Crippen LogP contribution is -2.25. The predicted molar refractivity (Wildman–Crippen MR) is 58.9 cm³/mol. The molecule has 0 bridgehead atoms. The van der Waals surface area contributed by atoms with Crippen LogP contribution >= 0.6 is 0 Å². The van der Waals surface area contributed by atoms with Crippen molar-refractivity contribution < 1.29 is 19.5 Å². The van der Waals surface area contributed by atoms with Crippen molar-refractivity contribution >= 4 is 18.2 Å². The molecule has 0 aliphatic heterocycles. The average Bonchev–Trinajstić information content (AvgIpc) is 2.24. The molecule has 1 N–H and O–H groups in total. The smallest absolute Gasteiger partial charge is 0.303 e. The zero-order valence-electron chi connectivity index (χ0n) is 9.39. The molecule has 16 heavy (non-hydrogen) atoms. The summed E-state index contributed by atoms with van der Waals surface area (Å²) in [6, 6.07) is 0. The van der Waals surface area contributed by atoms with Gasteiger partial charge in [0.15, 0.2) is 0 Å². The monoisotopic (exact) mass is 227 g/mol. The molecule has 0 aliphatic carbocycles. The highest BCUT2D eigenvalue weighted by molar-refractivity contribution is 5.90. The van der Waals surface area contributed by atoms with Crippen molar-refractivity contribution in [2.24, 2.45) is 0 Å². The second-order valence-corrected chi connectivity index (χ2v) is 3.46. The minimum atomic E-state index is -0.793. The van der Waals surface area contributed by atoms with E-state index >= 15 is 0 Å². The number of nitrogens with zero attached hydrogens (tertiary/aromatic N) is 1. The maximum atomic E-state index is 11.3. The number of aldehydes is 1. The minimum absolute atomic E-state index is 0.169. The number of rotatable bonds is 8. The summed E-state index contributed by atoms with van der Waals surface area (Å²) in [5.74, 6) is -1.01. The van der Waals surface area contributed by atoms with E-state index in [0.29, 0.717) is 19.3 Å². The Balaban J connectivity index is 3.60. The van der Waals surface area contributed by atoms with Crippen LogP contribution in [0.5, 0.6) is 0 Å². The Hall–Kier alpha value is -1.65. The molecule has 0 aromatic heterocycles. The van der Waals surface area contributed by atoms with Crippen molar-refractivity contribution in [3.05, 3.63) is 12.2 Å². The summed E-state index contributed by atoms with van der Waals surface area (Å²) in [5.41, 5.74) is 0. The van der Waals surface area contributed by atoms with Crippen molar-refractivity contribution in [2.45, 2.75) is 25.7 Å². The Morgan fingerprint density at radius 1 is 1.25 bits per heavy atom. The zero-order valence-corrected chi connectivity index (χ0v) is 9.39. The molecule has 0 saturated carbocycles. The number of allylic oxidation sites excluding steroid dienone is 1. The number of likely N-dealkylation sites (N-methyl/N-ethyl adjacent to an activating group) is 1. The van der Waals surface area contributed by atoms with Crippen LogP contribution in [0, 0.1) is 0 Å². The van der Waals surface area contributed by atoms with Crippen molar-refractivity contribution in [3.63, 3.8) is 0 Å². The molecule has 0 unspecified atom stereocenters. The summed E-state index contributed by atoms with van der Waals surface area (Å²) < 4.78 is 0. The normalized spacial score (nSPS) is 10.3. The van der Waals surface area contributed by atoms with E-state index in [1.165, 1.54) is 11.0 Å². The van der Waals surface area contributed by atoms with Gasteiger partial charge in [-0.2, -0.15) is 0 Å². The van der Waals surface area contributed by atoms with Crippen molar-refractivity contribution in [2.75, 3.05) is 13.6 Å². The van der Waals surface area contributed by atoms with Gasteiger partial charge >= 0.3 is 5.97 Å². The third kappa shape index (κ3) is 7.73. The van der Waals surface area contributed by atoms with E-state index in [-0.39, 0.29) is 12.3 Å². The maximum absolute atomic E-state index is 11.3. The van der Waals surface area contributed by atoms with Gasteiger partial charge in [-0.15, -0.1) is 0 Å². The van der Waals surface area contributed by atoms with E-state index < -0.39 is 5.97 Å². The third-order valence-corrected chi connectivity index (χ3v) is 2.08. The molecule has 0 radical (unpaired) electrons. The van der Waals surface area contributed by atoms with Gasteiger partial charge in [0.2, 0.25) is 5.91 Å².